The average molecular weight is 469 g/mol. The Bertz CT molecular complexity index is 1490. The smallest absolute Gasteiger partial charge is 0.248 e. The first kappa shape index (κ1) is 21.7. The topological polar surface area (TPSA) is 54.5 Å². The van der Waals surface area contributed by atoms with Crippen LogP contribution in [0.1, 0.15) is 23.6 Å². The van der Waals surface area contributed by atoms with E-state index in [2.05, 4.69) is 75.9 Å². The van der Waals surface area contributed by atoms with Gasteiger partial charge in [0.05, 0.1) is 17.4 Å². The number of hydrogen-bond acceptors (Lipinski definition) is 5. The molecule has 0 saturated carbocycles. The van der Waals surface area contributed by atoms with Crippen LogP contribution in [0.25, 0.3) is 29.0 Å². The maximum absolute atomic E-state index is 5.93. The number of benzene rings is 4. The second-order valence-corrected chi connectivity index (χ2v) is 8.64. The van der Waals surface area contributed by atoms with E-state index < -0.39 is 0 Å². The first-order valence-corrected chi connectivity index (χ1v) is 12.0. The Morgan fingerprint density at radius 2 is 1.22 bits per heavy atom. The first-order chi connectivity index (χ1) is 17.8. The van der Waals surface area contributed by atoms with Crippen LogP contribution < -0.4 is 5.01 Å². The molecule has 1 atom stereocenters. The third kappa shape index (κ3) is 4.59. The molecule has 0 bridgehead atoms. The summed E-state index contributed by atoms with van der Waals surface area (Å²) in [7, 11) is 0. The zero-order chi connectivity index (χ0) is 24.2. The highest BCUT2D eigenvalue weighted by Crippen LogP contribution is 2.36. The van der Waals surface area contributed by atoms with Crippen molar-refractivity contribution >= 4 is 17.5 Å². The van der Waals surface area contributed by atoms with Crippen LogP contribution in [0.15, 0.2) is 131 Å². The molecule has 0 aliphatic carbocycles. The number of hydrogen-bond donors (Lipinski definition) is 0. The molecular weight excluding hydrogens is 444 g/mol. The number of nitrogens with zero attached hydrogens (tertiary/aromatic N) is 4. The highest BCUT2D eigenvalue weighted by Gasteiger charge is 2.28. The van der Waals surface area contributed by atoms with Crippen LogP contribution in [-0.4, -0.2) is 15.9 Å². The van der Waals surface area contributed by atoms with E-state index in [4.69, 9.17) is 9.52 Å². The lowest BCUT2D eigenvalue weighted by atomic mass is 10.0. The lowest BCUT2D eigenvalue weighted by Gasteiger charge is -2.24. The Labute approximate surface area is 210 Å². The Balaban J connectivity index is 1.28. The summed E-state index contributed by atoms with van der Waals surface area (Å²) in [5, 5.41) is 15.6. The average Bonchev–Trinajstić information content (AvgIpc) is 3.62. The maximum atomic E-state index is 5.93. The highest BCUT2D eigenvalue weighted by atomic mass is 16.4. The number of hydrazone groups is 1. The molecule has 5 heteroatoms. The van der Waals surface area contributed by atoms with Gasteiger partial charge in [0.1, 0.15) is 0 Å². The van der Waals surface area contributed by atoms with Gasteiger partial charge in [0.25, 0.3) is 0 Å². The summed E-state index contributed by atoms with van der Waals surface area (Å²) in [4.78, 5) is 0. The monoisotopic (exact) mass is 468 g/mol. The predicted molar refractivity (Wildman–Crippen MR) is 144 cm³/mol. The molecule has 174 valence electrons. The van der Waals surface area contributed by atoms with E-state index in [1.54, 1.807) is 0 Å². The van der Waals surface area contributed by atoms with Gasteiger partial charge in [0, 0.05) is 17.5 Å². The Morgan fingerprint density at radius 3 is 1.89 bits per heavy atom. The number of anilines is 1. The second-order valence-electron chi connectivity index (χ2n) is 8.64. The van der Waals surface area contributed by atoms with E-state index in [9.17, 15) is 0 Å². The SMILES string of the molecule is C(=C/c1ccccc1)/C1=NN(c2ccc(-c3nnc(-c4ccccc4)o3)cc2)[C@H](c2ccccc2)C1. The zero-order valence-electron chi connectivity index (χ0n) is 19.6. The van der Waals surface area contributed by atoms with Gasteiger partial charge in [-0.2, -0.15) is 5.10 Å². The lowest BCUT2D eigenvalue weighted by Crippen LogP contribution is -2.18. The Kier molecular flexibility index (Phi) is 5.94. The fourth-order valence-electron chi connectivity index (χ4n) is 4.36. The molecule has 0 spiro atoms. The minimum absolute atomic E-state index is 0.126. The molecule has 1 aliphatic heterocycles. The number of rotatable bonds is 6. The first-order valence-electron chi connectivity index (χ1n) is 12.0. The van der Waals surface area contributed by atoms with Crippen molar-refractivity contribution in [3.8, 4) is 22.9 Å². The van der Waals surface area contributed by atoms with Crippen molar-refractivity contribution in [2.45, 2.75) is 12.5 Å². The summed E-state index contributed by atoms with van der Waals surface area (Å²) in [6.45, 7) is 0. The summed E-state index contributed by atoms with van der Waals surface area (Å²) in [5.74, 6) is 1.01. The van der Waals surface area contributed by atoms with Crippen LogP contribution in [0, 0.1) is 0 Å². The molecular formula is C31H24N4O. The van der Waals surface area contributed by atoms with E-state index in [0.29, 0.717) is 11.8 Å². The molecule has 0 fully saturated rings. The van der Waals surface area contributed by atoms with Crippen LogP contribution in [0.5, 0.6) is 0 Å². The number of aromatic nitrogens is 2. The van der Waals surface area contributed by atoms with E-state index >= 15 is 0 Å². The summed E-state index contributed by atoms with van der Waals surface area (Å²) in [6, 6.07) is 38.9. The van der Waals surface area contributed by atoms with E-state index in [0.717, 1.165) is 34.5 Å². The minimum Gasteiger partial charge on any atom is -0.416 e. The summed E-state index contributed by atoms with van der Waals surface area (Å²) in [5.41, 5.74) is 6.23. The van der Waals surface area contributed by atoms with Crippen molar-refractivity contribution in [2.75, 3.05) is 5.01 Å². The van der Waals surface area contributed by atoms with Gasteiger partial charge in [-0.1, -0.05) is 84.9 Å². The Morgan fingerprint density at radius 1 is 0.639 bits per heavy atom. The molecule has 0 N–H and O–H groups in total. The van der Waals surface area contributed by atoms with Gasteiger partial charge < -0.3 is 4.42 Å². The minimum atomic E-state index is 0.126. The molecule has 0 radical (unpaired) electrons. The normalized spacial score (nSPS) is 15.4. The molecule has 1 aliphatic rings. The maximum Gasteiger partial charge on any atom is 0.248 e. The van der Waals surface area contributed by atoms with Crippen LogP contribution in [0.4, 0.5) is 5.69 Å². The van der Waals surface area contributed by atoms with Crippen molar-refractivity contribution < 1.29 is 4.42 Å². The molecule has 1 aromatic heterocycles. The lowest BCUT2D eigenvalue weighted by molar-refractivity contribution is 0.584. The van der Waals surface area contributed by atoms with Crippen molar-refractivity contribution in [3.05, 3.63) is 132 Å². The van der Waals surface area contributed by atoms with E-state index in [1.807, 2.05) is 66.7 Å². The number of allylic oxidation sites excluding steroid dienone is 1. The molecule has 36 heavy (non-hydrogen) atoms. The summed E-state index contributed by atoms with van der Waals surface area (Å²) >= 11 is 0. The standard InChI is InChI=1S/C31H24N4O/c1-4-10-23(11-5-1)16-19-27-22-29(24-12-6-2-7-13-24)35(34-27)28-20-17-26(18-21-28)31-33-32-30(36-31)25-14-8-3-9-15-25/h1-21,29H,22H2/b19-16-/t29-/m0/s1. The van der Waals surface area contributed by atoms with Gasteiger partial charge in [0.15, 0.2) is 0 Å². The van der Waals surface area contributed by atoms with Gasteiger partial charge in [-0.25, -0.2) is 0 Å². The summed E-state index contributed by atoms with van der Waals surface area (Å²) < 4.78 is 5.93. The molecule has 5 nitrogen and oxygen atoms in total. The van der Waals surface area contributed by atoms with Crippen LogP contribution in [0.3, 0.4) is 0 Å². The third-order valence-corrected chi connectivity index (χ3v) is 6.21. The Hall–Kier alpha value is -4.77. The zero-order valence-corrected chi connectivity index (χ0v) is 19.6. The van der Waals surface area contributed by atoms with E-state index in [1.165, 1.54) is 5.56 Å². The predicted octanol–water partition coefficient (Wildman–Crippen LogP) is 7.42. The second kappa shape index (κ2) is 9.84. The van der Waals surface area contributed by atoms with Crippen LogP contribution >= 0.6 is 0 Å². The molecule has 4 aromatic carbocycles. The molecule has 6 rings (SSSR count). The fraction of sp³-hybridized carbons (Fsp3) is 0.0645. The fourth-order valence-corrected chi connectivity index (χ4v) is 4.36. The molecule has 0 saturated heterocycles. The molecule has 0 unspecified atom stereocenters. The van der Waals surface area contributed by atoms with Gasteiger partial charge in [-0.3, -0.25) is 5.01 Å². The highest BCUT2D eigenvalue weighted by molar-refractivity contribution is 6.01. The van der Waals surface area contributed by atoms with Crippen molar-refractivity contribution in [1.82, 2.24) is 10.2 Å². The van der Waals surface area contributed by atoms with E-state index in [-0.39, 0.29) is 6.04 Å². The molecule has 5 aromatic rings. The quantitative estimate of drug-likeness (QED) is 0.260. The largest absolute Gasteiger partial charge is 0.416 e. The van der Waals surface area contributed by atoms with Gasteiger partial charge >= 0.3 is 0 Å². The van der Waals surface area contributed by atoms with Gasteiger partial charge in [-0.15, -0.1) is 10.2 Å². The molecule has 2 heterocycles. The third-order valence-electron chi connectivity index (χ3n) is 6.21. The molecule has 0 amide bonds. The van der Waals surface area contributed by atoms with Crippen molar-refractivity contribution in [1.29, 1.82) is 0 Å². The van der Waals surface area contributed by atoms with Crippen molar-refractivity contribution in [2.24, 2.45) is 5.10 Å². The van der Waals surface area contributed by atoms with Crippen molar-refractivity contribution in [3.63, 3.8) is 0 Å². The van der Waals surface area contributed by atoms with Crippen LogP contribution in [-0.2, 0) is 0 Å². The van der Waals surface area contributed by atoms with Gasteiger partial charge in [-0.05, 0) is 53.6 Å². The summed E-state index contributed by atoms with van der Waals surface area (Å²) in [6.07, 6.45) is 5.07. The van der Waals surface area contributed by atoms with Crippen LogP contribution in [0.2, 0.25) is 0 Å². The van der Waals surface area contributed by atoms with Gasteiger partial charge in [0.2, 0.25) is 11.8 Å².